The van der Waals surface area contributed by atoms with Gasteiger partial charge in [0.25, 0.3) is 5.91 Å². The highest BCUT2D eigenvalue weighted by atomic mass is 32.2. The number of benzene rings is 1. The first-order chi connectivity index (χ1) is 11.4. The van der Waals surface area contributed by atoms with Crippen LogP contribution in [0.1, 0.15) is 23.3 Å². The Hall–Kier alpha value is -2.19. The maximum atomic E-state index is 12.9. The number of carbonyl (C=O) groups excluding carboxylic acids is 1. The van der Waals surface area contributed by atoms with E-state index in [1.54, 1.807) is 7.05 Å². The van der Waals surface area contributed by atoms with Gasteiger partial charge in [0.2, 0.25) is 10.0 Å². The Morgan fingerprint density at radius 2 is 1.79 bits per heavy atom. The number of rotatable bonds is 4. The molecule has 1 aromatic heterocycles. The molecule has 8 heteroatoms. The van der Waals surface area contributed by atoms with Crippen LogP contribution >= 0.6 is 0 Å². The lowest BCUT2D eigenvalue weighted by atomic mass is 10.3. The topological polar surface area (TPSA) is 71.4 Å². The number of halogens is 1. The molecule has 1 aliphatic heterocycles. The predicted octanol–water partition coefficient (Wildman–Crippen LogP) is 2.20. The zero-order chi connectivity index (χ0) is 17.3. The Bertz CT molecular complexity index is 853. The van der Waals surface area contributed by atoms with Gasteiger partial charge in [-0.2, -0.15) is 4.31 Å². The second-order valence-corrected chi connectivity index (χ2v) is 7.68. The molecule has 0 aliphatic carbocycles. The van der Waals surface area contributed by atoms with Crippen LogP contribution in [0.2, 0.25) is 0 Å². The van der Waals surface area contributed by atoms with E-state index in [9.17, 15) is 17.6 Å². The number of amides is 1. The minimum Gasteiger partial charge on any atom is -0.345 e. The molecule has 2 heterocycles. The highest BCUT2D eigenvalue weighted by Gasteiger charge is 2.29. The Kier molecular flexibility index (Phi) is 4.42. The summed E-state index contributed by atoms with van der Waals surface area (Å²) in [6, 6.07) is 6.73. The average molecular weight is 351 g/mol. The van der Waals surface area contributed by atoms with Crippen LogP contribution < -0.4 is 5.32 Å². The molecule has 1 saturated heterocycles. The lowest BCUT2D eigenvalue weighted by molar-refractivity contribution is 0.101. The first kappa shape index (κ1) is 16.7. The van der Waals surface area contributed by atoms with E-state index in [2.05, 4.69) is 5.32 Å². The molecule has 3 rings (SSSR count). The number of hydrogen-bond donors (Lipinski definition) is 1. The van der Waals surface area contributed by atoms with E-state index in [4.69, 9.17) is 0 Å². The van der Waals surface area contributed by atoms with Crippen molar-refractivity contribution < 1.29 is 17.6 Å². The summed E-state index contributed by atoms with van der Waals surface area (Å²) in [5.74, 6) is -0.849. The summed E-state index contributed by atoms with van der Waals surface area (Å²) in [4.78, 5) is 12.5. The van der Waals surface area contributed by atoms with Gasteiger partial charge in [0, 0.05) is 32.0 Å². The maximum Gasteiger partial charge on any atom is 0.272 e. The van der Waals surface area contributed by atoms with E-state index in [1.165, 1.54) is 45.4 Å². The van der Waals surface area contributed by atoms with E-state index < -0.39 is 21.7 Å². The monoisotopic (exact) mass is 351 g/mol. The minimum absolute atomic E-state index is 0.108. The number of nitrogens with zero attached hydrogens (tertiary/aromatic N) is 2. The second kappa shape index (κ2) is 6.37. The quantitative estimate of drug-likeness (QED) is 0.918. The fraction of sp³-hybridized carbons (Fsp3) is 0.312. The smallest absolute Gasteiger partial charge is 0.272 e. The number of sulfonamides is 1. The third-order valence-electron chi connectivity index (χ3n) is 4.02. The molecular formula is C16H18FN3O3S. The Balaban J connectivity index is 1.83. The summed E-state index contributed by atoms with van der Waals surface area (Å²) in [6.45, 7) is 1.02. The molecule has 128 valence electrons. The molecule has 1 amide bonds. The van der Waals surface area contributed by atoms with Crippen LogP contribution in [-0.2, 0) is 17.1 Å². The van der Waals surface area contributed by atoms with Crippen molar-refractivity contribution in [3.8, 4) is 0 Å². The molecule has 0 atom stereocenters. The maximum absolute atomic E-state index is 12.9. The number of hydrogen-bond acceptors (Lipinski definition) is 3. The molecule has 0 unspecified atom stereocenters. The van der Waals surface area contributed by atoms with Gasteiger partial charge >= 0.3 is 0 Å². The molecule has 1 fully saturated rings. The van der Waals surface area contributed by atoms with E-state index in [-0.39, 0.29) is 10.6 Å². The largest absolute Gasteiger partial charge is 0.345 e. The van der Waals surface area contributed by atoms with Crippen LogP contribution in [-0.4, -0.2) is 36.3 Å². The molecule has 0 saturated carbocycles. The van der Waals surface area contributed by atoms with Crippen molar-refractivity contribution in [2.45, 2.75) is 17.7 Å². The number of nitrogens with one attached hydrogen (secondary N) is 1. The van der Waals surface area contributed by atoms with E-state index in [0.717, 1.165) is 12.8 Å². The zero-order valence-corrected chi connectivity index (χ0v) is 14.0. The first-order valence-corrected chi connectivity index (χ1v) is 9.05. The van der Waals surface area contributed by atoms with Crippen molar-refractivity contribution in [3.05, 3.63) is 48.0 Å². The van der Waals surface area contributed by atoms with Gasteiger partial charge in [-0.15, -0.1) is 0 Å². The normalized spacial score (nSPS) is 15.6. The zero-order valence-electron chi connectivity index (χ0n) is 13.2. The molecular weight excluding hydrogens is 333 g/mol. The summed E-state index contributed by atoms with van der Waals surface area (Å²) in [5, 5.41) is 2.63. The van der Waals surface area contributed by atoms with Gasteiger partial charge < -0.3 is 9.88 Å². The van der Waals surface area contributed by atoms with Crippen LogP contribution in [0.4, 0.5) is 10.1 Å². The molecule has 6 nitrogen and oxygen atoms in total. The predicted molar refractivity (Wildman–Crippen MR) is 87.8 cm³/mol. The van der Waals surface area contributed by atoms with Gasteiger partial charge in [0.05, 0.1) is 0 Å². The average Bonchev–Trinajstić information content (AvgIpc) is 3.19. The van der Waals surface area contributed by atoms with Crippen LogP contribution in [0, 0.1) is 5.82 Å². The standard InChI is InChI=1S/C16H18FN3O3S/c1-19-11-14(24(22,23)20-8-2-3-9-20)10-15(19)16(21)18-13-6-4-12(17)5-7-13/h4-7,10-11H,2-3,8-9H2,1H3,(H,18,21). The summed E-state index contributed by atoms with van der Waals surface area (Å²) >= 11 is 0. The van der Waals surface area contributed by atoms with Crippen molar-refractivity contribution in [2.75, 3.05) is 18.4 Å². The minimum atomic E-state index is -3.57. The third kappa shape index (κ3) is 3.20. The summed E-state index contributed by atoms with van der Waals surface area (Å²) in [5.41, 5.74) is 0.656. The lowest BCUT2D eigenvalue weighted by Gasteiger charge is -2.13. The molecule has 24 heavy (non-hydrogen) atoms. The van der Waals surface area contributed by atoms with Crippen LogP contribution in [0.3, 0.4) is 0 Å². The highest BCUT2D eigenvalue weighted by Crippen LogP contribution is 2.23. The molecule has 0 spiro atoms. The van der Waals surface area contributed by atoms with Crippen molar-refractivity contribution in [1.82, 2.24) is 8.87 Å². The fourth-order valence-electron chi connectivity index (χ4n) is 2.71. The number of aromatic nitrogens is 1. The summed E-state index contributed by atoms with van der Waals surface area (Å²) in [6.07, 6.45) is 3.14. The Morgan fingerprint density at radius 3 is 2.42 bits per heavy atom. The number of carbonyl (C=O) groups is 1. The van der Waals surface area contributed by atoms with Crippen LogP contribution in [0.15, 0.2) is 41.4 Å². The Morgan fingerprint density at radius 1 is 1.17 bits per heavy atom. The van der Waals surface area contributed by atoms with Gasteiger partial charge in [0.1, 0.15) is 16.4 Å². The molecule has 1 aromatic carbocycles. The van der Waals surface area contributed by atoms with Crippen molar-refractivity contribution in [3.63, 3.8) is 0 Å². The van der Waals surface area contributed by atoms with E-state index >= 15 is 0 Å². The number of aryl methyl sites for hydroxylation is 1. The van der Waals surface area contributed by atoms with E-state index in [1.807, 2.05) is 0 Å². The molecule has 0 radical (unpaired) electrons. The summed E-state index contributed by atoms with van der Waals surface area (Å²) < 4.78 is 40.9. The van der Waals surface area contributed by atoms with Gasteiger partial charge in [0.15, 0.2) is 0 Å². The van der Waals surface area contributed by atoms with Crippen molar-refractivity contribution >= 4 is 21.6 Å². The van der Waals surface area contributed by atoms with Gasteiger partial charge in [-0.1, -0.05) is 0 Å². The molecule has 1 N–H and O–H groups in total. The highest BCUT2D eigenvalue weighted by molar-refractivity contribution is 7.89. The van der Waals surface area contributed by atoms with Crippen molar-refractivity contribution in [2.24, 2.45) is 7.05 Å². The van der Waals surface area contributed by atoms with E-state index in [0.29, 0.717) is 18.8 Å². The number of anilines is 1. The van der Waals surface area contributed by atoms with Crippen LogP contribution in [0.5, 0.6) is 0 Å². The summed E-state index contributed by atoms with van der Waals surface area (Å²) in [7, 11) is -1.96. The third-order valence-corrected chi connectivity index (χ3v) is 5.88. The SMILES string of the molecule is Cn1cc(S(=O)(=O)N2CCCC2)cc1C(=O)Nc1ccc(F)cc1. The van der Waals surface area contributed by atoms with Gasteiger partial charge in [-0.25, -0.2) is 12.8 Å². The Labute approximate surface area is 139 Å². The van der Waals surface area contributed by atoms with Gasteiger partial charge in [-0.05, 0) is 43.2 Å². The molecule has 2 aromatic rings. The van der Waals surface area contributed by atoms with Crippen molar-refractivity contribution in [1.29, 1.82) is 0 Å². The molecule has 0 bridgehead atoms. The first-order valence-electron chi connectivity index (χ1n) is 7.61. The lowest BCUT2D eigenvalue weighted by Crippen LogP contribution is -2.27. The van der Waals surface area contributed by atoms with Gasteiger partial charge in [-0.3, -0.25) is 4.79 Å². The molecule has 1 aliphatic rings. The fourth-order valence-corrected chi connectivity index (χ4v) is 4.30. The second-order valence-electron chi connectivity index (χ2n) is 5.74. The van der Waals surface area contributed by atoms with Crippen LogP contribution in [0.25, 0.3) is 0 Å².